The van der Waals surface area contributed by atoms with Crippen molar-refractivity contribution in [2.45, 2.75) is 31.8 Å². The normalized spacial score (nSPS) is 51.2. The van der Waals surface area contributed by atoms with Crippen molar-refractivity contribution in [1.82, 2.24) is 4.90 Å². The largest absolute Gasteiger partial charge is 0.325 e. The lowest BCUT2D eigenvalue weighted by atomic mass is 9.91. The summed E-state index contributed by atoms with van der Waals surface area (Å²) in [6.07, 6.45) is 2.31. The van der Waals surface area contributed by atoms with Gasteiger partial charge in [-0.1, -0.05) is 6.92 Å². The van der Waals surface area contributed by atoms with Crippen molar-refractivity contribution in [3.05, 3.63) is 0 Å². The lowest BCUT2D eigenvalue weighted by Gasteiger charge is -2.53. The summed E-state index contributed by atoms with van der Waals surface area (Å²) in [6.45, 7) is 5.54. The highest BCUT2D eigenvalue weighted by Gasteiger charge is 2.56. The summed E-state index contributed by atoms with van der Waals surface area (Å²) in [5.41, 5.74) is 0.0684. The molecular formula is C11H19NO3. The van der Waals surface area contributed by atoms with Gasteiger partial charge in [-0.3, -0.25) is 4.90 Å². The van der Waals surface area contributed by atoms with E-state index in [0.29, 0.717) is 0 Å². The molecule has 0 radical (unpaired) electrons. The lowest BCUT2D eigenvalue weighted by molar-refractivity contribution is -0.479. The SMILES string of the molecule is CN1CCC[C@@H]1C12OCC(C)(CO1)CO2. The summed E-state index contributed by atoms with van der Waals surface area (Å²) in [7, 11) is 2.12. The third-order valence-electron chi connectivity index (χ3n) is 3.79. The first-order valence-corrected chi connectivity index (χ1v) is 5.76. The third kappa shape index (κ3) is 1.43. The molecule has 4 rings (SSSR count). The second-order valence-corrected chi connectivity index (χ2v) is 5.42. The van der Waals surface area contributed by atoms with E-state index >= 15 is 0 Å². The molecule has 0 aliphatic carbocycles. The summed E-state index contributed by atoms with van der Waals surface area (Å²) < 4.78 is 17.5. The quantitative estimate of drug-likeness (QED) is 0.645. The van der Waals surface area contributed by atoms with Crippen LogP contribution in [0.2, 0.25) is 0 Å². The fourth-order valence-corrected chi connectivity index (χ4v) is 2.72. The Kier molecular flexibility index (Phi) is 2.12. The van der Waals surface area contributed by atoms with E-state index in [1.165, 1.54) is 6.42 Å². The van der Waals surface area contributed by atoms with Crippen LogP contribution in [0, 0.1) is 5.41 Å². The Bertz CT molecular complexity index is 244. The Morgan fingerprint density at radius 2 is 1.73 bits per heavy atom. The molecule has 4 nitrogen and oxygen atoms in total. The predicted octanol–water partition coefficient (Wildman–Crippen LogP) is 0.818. The Morgan fingerprint density at radius 3 is 2.20 bits per heavy atom. The Balaban J connectivity index is 1.80. The van der Waals surface area contributed by atoms with Gasteiger partial charge in [0.05, 0.1) is 25.9 Å². The first kappa shape index (κ1) is 10.0. The molecule has 4 aliphatic heterocycles. The Labute approximate surface area is 90.5 Å². The zero-order chi connectivity index (χ0) is 10.5. The van der Waals surface area contributed by atoms with Gasteiger partial charge in [0.25, 0.3) is 5.97 Å². The second-order valence-electron chi connectivity index (χ2n) is 5.42. The van der Waals surface area contributed by atoms with Gasteiger partial charge in [0.1, 0.15) is 0 Å². The van der Waals surface area contributed by atoms with E-state index in [2.05, 4.69) is 18.9 Å². The fourth-order valence-electron chi connectivity index (χ4n) is 2.72. The molecule has 4 fully saturated rings. The molecule has 4 aliphatic rings. The number of likely N-dealkylation sites (tertiary alicyclic amines) is 1. The maximum absolute atomic E-state index is 5.84. The zero-order valence-electron chi connectivity index (χ0n) is 9.49. The monoisotopic (exact) mass is 213 g/mol. The molecule has 0 spiro atoms. The number of hydrogen-bond donors (Lipinski definition) is 0. The summed E-state index contributed by atoms with van der Waals surface area (Å²) in [4.78, 5) is 2.29. The maximum Gasteiger partial charge on any atom is 0.299 e. The van der Waals surface area contributed by atoms with E-state index in [-0.39, 0.29) is 11.5 Å². The lowest BCUT2D eigenvalue weighted by Crippen LogP contribution is -2.65. The summed E-state index contributed by atoms with van der Waals surface area (Å²) in [6, 6.07) is 0.266. The smallest absolute Gasteiger partial charge is 0.299 e. The van der Waals surface area contributed by atoms with Gasteiger partial charge in [-0.25, -0.2) is 0 Å². The molecule has 15 heavy (non-hydrogen) atoms. The van der Waals surface area contributed by atoms with Crippen molar-refractivity contribution in [1.29, 1.82) is 0 Å². The van der Waals surface area contributed by atoms with Gasteiger partial charge in [-0.05, 0) is 26.4 Å². The average Bonchev–Trinajstić information content (AvgIpc) is 2.67. The van der Waals surface area contributed by atoms with Crippen molar-refractivity contribution >= 4 is 0 Å². The van der Waals surface area contributed by atoms with E-state index in [9.17, 15) is 0 Å². The van der Waals surface area contributed by atoms with Crippen LogP contribution < -0.4 is 0 Å². The van der Waals surface area contributed by atoms with E-state index in [4.69, 9.17) is 14.2 Å². The second kappa shape index (κ2) is 3.17. The van der Waals surface area contributed by atoms with Crippen molar-refractivity contribution in [2.75, 3.05) is 33.4 Å². The number of ether oxygens (including phenoxy) is 3. The molecule has 0 aromatic rings. The first-order chi connectivity index (χ1) is 7.14. The van der Waals surface area contributed by atoms with Crippen LogP contribution in [0.15, 0.2) is 0 Å². The van der Waals surface area contributed by atoms with Crippen LogP contribution in [0.25, 0.3) is 0 Å². The predicted molar refractivity (Wildman–Crippen MR) is 54.3 cm³/mol. The van der Waals surface area contributed by atoms with Gasteiger partial charge in [-0.2, -0.15) is 0 Å². The highest BCUT2D eigenvalue weighted by Crippen LogP contribution is 2.43. The van der Waals surface area contributed by atoms with Gasteiger partial charge >= 0.3 is 0 Å². The van der Waals surface area contributed by atoms with Gasteiger partial charge in [0, 0.05) is 5.41 Å². The number of fused-ring (bicyclic) bond motifs is 3. The van der Waals surface area contributed by atoms with Gasteiger partial charge < -0.3 is 14.2 Å². The van der Waals surface area contributed by atoms with Crippen LogP contribution in [-0.2, 0) is 14.2 Å². The maximum atomic E-state index is 5.84. The molecule has 0 aromatic heterocycles. The Morgan fingerprint density at radius 1 is 1.13 bits per heavy atom. The first-order valence-electron chi connectivity index (χ1n) is 5.76. The molecule has 1 atom stereocenters. The van der Waals surface area contributed by atoms with E-state index in [0.717, 1.165) is 32.8 Å². The molecule has 0 unspecified atom stereocenters. The highest BCUT2D eigenvalue weighted by atomic mass is 16.9. The van der Waals surface area contributed by atoms with Crippen molar-refractivity contribution in [3.63, 3.8) is 0 Å². The van der Waals surface area contributed by atoms with Gasteiger partial charge in [0.2, 0.25) is 0 Å². The van der Waals surface area contributed by atoms with Crippen molar-refractivity contribution < 1.29 is 14.2 Å². The van der Waals surface area contributed by atoms with Gasteiger partial charge in [-0.15, -0.1) is 0 Å². The summed E-state index contributed by atoms with van der Waals surface area (Å²) in [5, 5.41) is 0. The molecule has 0 saturated carbocycles. The van der Waals surface area contributed by atoms with Crippen LogP contribution in [0.4, 0.5) is 0 Å². The zero-order valence-corrected chi connectivity index (χ0v) is 9.49. The van der Waals surface area contributed by atoms with Gasteiger partial charge in [0.15, 0.2) is 0 Å². The molecule has 0 aromatic carbocycles. The van der Waals surface area contributed by atoms with Crippen LogP contribution in [0.3, 0.4) is 0 Å². The van der Waals surface area contributed by atoms with Crippen LogP contribution in [0.1, 0.15) is 19.8 Å². The topological polar surface area (TPSA) is 30.9 Å². The highest BCUT2D eigenvalue weighted by molar-refractivity contribution is 4.93. The minimum Gasteiger partial charge on any atom is -0.325 e. The van der Waals surface area contributed by atoms with Crippen molar-refractivity contribution in [2.24, 2.45) is 5.41 Å². The molecule has 0 amide bonds. The molecular weight excluding hydrogens is 194 g/mol. The number of rotatable bonds is 1. The molecule has 86 valence electrons. The van der Waals surface area contributed by atoms with E-state index in [1.807, 2.05) is 0 Å². The van der Waals surface area contributed by atoms with Crippen molar-refractivity contribution in [3.8, 4) is 0 Å². The Hall–Kier alpha value is -0.160. The van der Waals surface area contributed by atoms with Crippen LogP contribution >= 0.6 is 0 Å². The molecule has 4 saturated heterocycles. The molecule has 2 bridgehead atoms. The summed E-state index contributed by atoms with van der Waals surface area (Å²) >= 11 is 0. The number of nitrogens with zero attached hydrogens (tertiary/aromatic N) is 1. The number of hydrogen-bond acceptors (Lipinski definition) is 4. The average molecular weight is 213 g/mol. The minimum absolute atomic E-state index is 0.0684. The summed E-state index contributed by atoms with van der Waals surface area (Å²) in [5.74, 6) is -0.761. The number of likely N-dealkylation sites (N-methyl/N-ethyl adjacent to an activating group) is 1. The third-order valence-corrected chi connectivity index (χ3v) is 3.79. The van der Waals surface area contributed by atoms with E-state index in [1.54, 1.807) is 0 Å². The molecule has 4 heteroatoms. The van der Waals surface area contributed by atoms with E-state index < -0.39 is 5.97 Å². The minimum atomic E-state index is -0.761. The van der Waals surface area contributed by atoms with Crippen LogP contribution in [-0.4, -0.2) is 50.3 Å². The standard InChI is InChI=1S/C11H19NO3/c1-10-6-13-11(14-7-10,15-8-10)9-4-3-5-12(9)2/h9H,3-8H2,1-2H3/t9-,10?,11?/m1/s1. The molecule has 0 N–H and O–H groups in total. The fraction of sp³-hybridized carbons (Fsp3) is 1.00. The van der Waals surface area contributed by atoms with Crippen LogP contribution in [0.5, 0.6) is 0 Å². The molecule has 4 heterocycles.